The van der Waals surface area contributed by atoms with E-state index in [1.54, 1.807) is 19.2 Å². The van der Waals surface area contributed by atoms with Crippen molar-refractivity contribution in [2.75, 3.05) is 7.05 Å². The Balaban J connectivity index is 1.49. The Morgan fingerprint density at radius 1 is 1.03 bits per heavy atom. The van der Waals surface area contributed by atoms with Gasteiger partial charge in [0.15, 0.2) is 0 Å². The summed E-state index contributed by atoms with van der Waals surface area (Å²) in [6, 6.07) is 17.7. The Kier molecular flexibility index (Phi) is 5.86. The Morgan fingerprint density at radius 2 is 1.76 bits per heavy atom. The van der Waals surface area contributed by atoms with Crippen molar-refractivity contribution in [2.24, 2.45) is 5.92 Å². The maximum atomic E-state index is 13.6. The summed E-state index contributed by atoms with van der Waals surface area (Å²) in [4.78, 5) is 26.2. The van der Waals surface area contributed by atoms with Gasteiger partial charge in [-0.3, -0.25) is 9.59 Å². The average Bonchev–Trinajstić information content (AvgIpc) is 3.27. The fourth-order valence-corrected chi connectivity index (χ4v) is 5.96. The van der Waals surface area contributed by atoms with Crippen molar-refractivity contribution < 1.29 is 18.4 Å². The quantitative estimate of drug-likeness (QED) is 0.280. The van der Waals surface area contributed by atoms with Crippen LogP contribution in [0.5, 0.6) is 0 Å². The highest BCUT2D eigenvalue weighted by Crippen LogP contribution is 2.57. The number of carbonyl (C=O) groups is 2. The van der Waals surface area contributed by atoms with Crippen LogP contribution >= 0.6 is 0 Å². The molecule has 2 amide bonds. The molecule has 0 aliphatic heterocycles. The molecule has 0 radical (unpaired) electrons. The van der Waals surface area contributed by atoms with Gasteiger partial charge in [-0.25, -0.2) is 4.39 Å². The fourth-order valence-electron chi connectivity index (χ4n) is 5.96. The Hall–Kier alpha value is -3.93. The van der Waals surface area contributed by atoms with Gasteiger partial charge in [0.25, 0.3) is 11.8 Å². The first kappa shape index (κ1) is 24.4. The van der Waals surface area contributed by atoms with Crippen LogP contribution in [-0.4, -0.2) is 24.4 Å². The maximum Gasteiger partial charge on any atom is 0.255 e. The van der Waals surface area contributed by atoms with E-state index in [0.717, 1.165) is 48.3 Å². The highest BCUT2D eigenvalue weighted by molar-refractivity contribution is 6.12. The van der Waals surface area contributed by atoms with E-state index in [4.69, 9.17) is 4.42 Å². The van der Waals surface area contributed by atoms with Gasteiger partial charge in [-0.2, -0.15) is 0 Å². The van der Waals surface area contributed by atoms with Gasteiger partial charge in [0.1, 0.15) is 17.2 Å². The third-order valence-electron chi connectivity index (χ3n) is 8.42. The standard InChI is InChI=1S/C32H31FN2O3/c1-4-18(2)24-14-27-26(28(31(37)34-3)29(38-27)20-8-10-23(33)11-9-20)13-25(24)21-6-5-7-22(12-21)30(36)35-32-15-19(16-32)17-32/h5-14,18-19H,4,15-17H2,1-3H3,(H,34,37)(H,35,36). The van der Waals surface area contributed by atoms with Gasteiger partial charge < -0.3 is 15.1 Å². The van der Waals surface area contributed by atoms with Gasteiger partial charge >= 0.3 is 0 Å². The minimum absolute atomic E-state index is 0.00845. The van der Waals surface area contributed by atoms with Crippen molar-refractivity contribution in [2.45, 2.75) is 51.0 Å². The van der Waals surface area contributed by atoms with Gasteiger partial charge in [0.05, 0.1) is 5.56 Å². The first-order chi connectivity index (χ1) is 18.3. The summed E-state index contributed by atoms with van der Waals surface area (Å²) >= 11 is 0. The average molecular weight is 511 g/mol. The van der Waals surface area contributed by atoms with E-state index in [2.05, 4.69) is 24.5 Å². The molecule has 0 saturated heterocycles. The normalized spacial score (nSPS) is 20.4. The summed E-state index contributed by atoms with van der Waals surface area (Å²) in [5.74, 6) is 0.733. The third kappa shape index (κ3) is 3.99. The minimum atomic E-state index is -0.356. The van der Waals surface area contributed by atoms with Crippen LogP contribution in [0.2, 0.25) is 0 Å². The molecule has 3 aliphatic carbocycles. The number of hydrogen-bond acceptors (Lipinski definition) is 3. The lowest BCUT2D eigenvalue weighted by molar-refractivity contribution is -0.0438. The second-order valence-electron chi connectivity index (χ2n) is 10.9. The Bertz CT molecular complexity index is 1550. The molecule has 194 valence electrons. The number of amides is 2. The molecular weight excluding hydrogens is 479 g/mol. The molecule has 7 rings (SSSR count). The Labute approximate surface area is 221 Å². The van der Waals surface area contributed by atoms with Crippen molar-refractivity contribution in [3.63, 3.8) is 0 Å². The molecule has 1 heterocycles. The third-order valence-corrected chi connectivity index (χ3v) is 8.42. The molecule has 3 fully saturated rings. The molecule has 1 aromatic heterocycles. The van der Waals surface area contributed by atoms with Gasteiger partial charge in [-0.05, 0) is 103 Å². The molecular formula is C32H31FN2O3. The van der Waals surface area contributed by atoms with Crippen LogP contribution in [0.1, 0.15) is 71.7 Å². The number of fused-ring (bicyclic) bond motifs is 1. The summed E-state index contributed by atoms with van der Waals surface area (Å²) in [6.45, 7) is 4.29. The molecule has 3 aliphatic rings. The van der Waals surface area contributed by atoms with E-state index >= 15 is 0 Å². The fraction of sp³-hybridized carbons (Fsp3) is 0.312. The van der Waals surface area contributed by atoms with E-state index in [9.17, 15) is 14.0 Å². The zero-order chi connectivity index (χ0) is 26.6. The summed E-state index contributed by atoms with van der Waals surface area (Å²) in [7, 11) is 1.58. The van der Waals surface area contributed by atoms with E-state index in [-0.39, 0.29) is 29.1 Å². The second kappa shape index (κ2) is 9.12. The number of carbonyl (C=O) groups excluding carboxylic acids is 2. The van der Waals surface area contributed by atoms with Crippen LogP contribution in [-0.2, 0) is 0 Å². The lowest BCUT2D eigenvalue weighted by Gasteiger charge is -2.61. The van der Waals surface area contributed by atoms with Crippen molar-refractivity contribution in [3.05, 3.63) is 83.2 Å². The van der Waals surface area contributed by atoms with Crippen LogP contribution in [0.3, 0.4) is 0 Å². The van der Waals surface area contributed by atoms with E-state index < -0.39 is 0 Å². The molecule has 6 heteroatoms. The summed E-state index contributed by atoms with van der Waals surface area (Å²) < 4.78 is 19.9. The van der Waals surface area contributed by atoms with Gasteiger partial charge in [-0.1, -0.05) is 26.0 Å². The SMILES string of the molecule is CCC(C)c1cc2oc(-c3ccc(F)cc3)c(C(=O)NC)c2cc1-c1cccc(C(=O)NC23CC(C2)C3)c1. The predicted molar refractivity (Wildman–Crippen MR) is 147 cm³/mol. The van der Waals surface area contributed by atoms with Crippen LogP contribution in [0, 0.1) is 11.7 Å². The smallest absolute Gasteiger partial charge is 0.255 e. The number of furan rings is 1. The van der Waals surface area contributed by atoms with Crippen molar-refractivity contribution in [1.82, 2.24) is 10.6 Å². The van der Waals surface area contributed by atoms with E-state index in [1.807, 2.05) is 36.4 Å². The summed E-state index contributed by atoms with van der Waals surface area (Å²) in [6.07, 6.45) is 4.18. The number of hydrogen-bond donors (Lipinski definition) is 2. The second-order valence-corrected chi connectivity index (χ2v) is 10.9. The number of benzene rings is 3. The van der Waals surface area contributed by atoms with Crippen LogP contribution in [0.15, 0.2) is 65.1 Å². The van der Waals surface area contributed by atoms with Crippen molar-refractivity contribution in [1.29, 1.82) is 0 Å². The van der Waals surface area contributed by atoms with E-state index in [1.165, 1.54) is 12.1 Å². The predicted octanol–water partition coefficient (Wildman–Crippen LogP) is 7.06. The van der Waals surface area contributed by atoms with Crippen LogP contribution in [0.25, 0.3) is 33.4 Å². The zero-order valence-electron chi connectivity index (χ0n) is 21.9. The molecule has 3 aromatic carbocycles. The molecule has 5 nitrogen and oxygen atoms in total. The molecule has 3 saturated carbocycles. The van der Waals surface area contributed by atoms with Gasteiger partial charge in [-0.15, -0.1) is 0 Å². The van der Waals surface area contributed by atoms with Crippen LogP contribution < -0.4 is 10.6 Å². The summed E-state index contributed by atoms with van der Waals surface area (Å²) in [5, 5.41) is 6.65. The molecule has 0 spiro atoms. The van der Waals surface area contributed by atoms with E-state index in [0.29, 0.717) is 33.4 Å². The molecule has 2 bridgehead atoms. The van der Waals surface area contributed by atoms with Crippen molar-refractivity contribution >= 4 is 22.8 Å². The number of rotatable bonds is 7. The van der Waals surface area contributed by atoms with Gasteiger partial charge in [0.2, 0.25) is 0 Å². The first-order valence-corrected chi connectivity index (χ1v) is 13.3. The summed E-state index contributed by atoms with van der Waals surface area (Å²) in [5.41, 5.74) is 5.23. The minimum Gasteiger partial charge on any atom is -0.455 e. The molecule has 38 heavy (non-hydrogen) atoms. The molecule has 2 N–H and O–H groups in total. The largest absolute Gasteiger partial charge is 0.455 e. The molecule has 1 unspecified atom stereocenters. The topological polar surface area (TPSA) is 71.3 Å². The first-order valence-electron chi connectivity index (χ1n) is 13.3. The van der Waals surface area contributed by atoms with Gasteiger partial charge in [0, 0.05) is 29.1 Å². The lowest BCUT2D eigenvalue weighted by Crippen LogP contribution is -2.68. The van der Waals surface area contributed by atoms with Crippen molar-refractivity contribution in [3.8, 4) is 22.5 Å². The number of nitrogens with one attached hydrogen (secondary N) is 2. The molecule has 1 atom stereocenters. The zero-order valence-corrected chi connectivity index (χ0v) is 21.9. The van der Waals surface area contributed by atoms with Crippen LogP contribution in [0.4, 0.5) is 4.39 Å². The monoisotopic (exact) mass is 510 g/mol. The Morgan fingerprint density at radius 3 is 2.39 bits per heavy atom. The molecule has 4 aromatic rings. The highest BCUT2D eigenvalue weighted by atomic mass is 19.1. The number of halogens is 1. The maximum absolute atomic E-state index is 13.6. The highest BCUT2D eigenvalue weighted by Gasteiger charge is 2.57. The lowest BCUT2D eigenvalue weighted by atomic mass is 9.50.